The molecule has 4 rings (SSSR count). The number of nitro groups is 1. The standard InChI is InChI=1S/C18H12F3N5O5S2/c1-33(30,31)24-25-16(27)15-14(10-4-2-3-5-12(10)22-15)23-17(25)32-13-7-6-9(26(28)29)8-11(13)18(19,20)21/h2-8,22,24H,1H3. The van der Waals surface area contributed by atoms with Gasteiger partial charge in [0.1, 0.15) is 11.0 Å². The van der Waals surface area contributed by atoms with E-state index >= 15 is 0 Å². The van der Waals surface area contributed by atoms with Gasteiger partial charge < -0.3 is 4.98 Å². The highest BCUT2D eigenvalue weighted by molar-refractivity contribution is 7.99. The highest BCUT2D eigenvalue weighted by Gasteiger charge is 2.36. The second-order valence-corrected chi connectivity index (χ2v) is 9.57. The zero-order chi connectivity index (χ0) is 24.1. The summed E-state index contributed by atoms with van der Waals surface area (Å²) in [6.45, 7) is 0. The number of alkyl halides is 3. The van der Waals surface area contributed by atoms with E-state index in [4.69, 9.17) is 0 Å². The molecule has 0 atom stereocenters. The number of nitrogens with one attached hydrogen (secondary N) is 2. The predicted molar refractivity (Wildman–Crippen MR) is 114 cm³/mol. The van der Waals surface area contributed by atoms with Gasteiger partial charge in [-0.3, -0.25) is 14.9 Å². The Balaban J connectivity index is 1.99. The van der Waals surface area contributed by atoms with E-state index in [1.165, 1.54) is 0 Å². The molecule has 0 aliphatic heterocycles. The molecule has 0 spiro atoms. The number of nitrogens with zero attached hydrogens (tertiary/aromatic N) is 3. The summed E-state index contributed by atoms with van der Waals surface area (Å²) in [6, 6.07) is 8.73. The van der Waals surface area contributed by atoms with Crippen LogP contribution in [0, 0.1) is 10.1 Å². The van der Waals surface area contributed by atoms with Crippen molar-refractivity contribution >= 4 is 49.4 Å². The Morgan fingerprint density at radius 3 is 2.55 bits per heavy atom. The van der Waals surface area contributed by atoms with Crippen molar-refractivity contribution in [3.63, 3.8) is 0 Å². The molecule has 0 saturated carbocycles. The fourth-order valence-corrected chi connectivity index (χ4v) is 4.63. The van der Waals surface area contributed by atoms with Gasteiger partial charge in [0.25, 0.3) is 11.2 Å². The Bertz CT molecular complexity index is 1600. The predicted octanol–water partition coefficient (Wildman–Crippen LogP) is 3.46. The number of hydrogen-bond acceptors (Lipinski definition) is 7. The van der Waals surface area contributed by atoms with E-state index in [0.717, 1.165) is 18.4 Å². The molecule has 2 aromatic heterocycles. The van der Waals surface area contributed by atoms with Gasteiger partial charge in [0, 0.05) is 27.9 Å². The third-order valence-corrected chi connectivity index (χ3v) is 5.98. The van der Waals surface area contributed by atoms with Crippen LogP contribution in [0.25, 0.3) is 21.9 Å². The molecule has 0 bridgehead atoms. The zero-order valence-corrected chi connectivity index (χ0v) is 18.0. The fourth-order valence-electron chi connectivity index (χ4n) is 3.10. The van der Waals surface area contributed by atoms with Crippen molar-refractivity contribution in [3.05, 3.63) is 68.5 Å². The Labute approximate surface area is 186 Å². The molecule has 2 heterocycles. The maximum Gasteiger partial charge on any atom is 0.417 e. The monoisotopic (exact) mass is 499 g/mol. The Morgan fingerprint density at radius 1 is 1.21 bits per heavy atom. The molecule has 0 aliphatic rings. The van der Waals surface area contributed by atoms with Gasteiger partial charge in [-0.05, 0) is 23.9 Å². The van der Waals surface area contributed by atoms with Crippen LogP contribution >= 0.6 is 11.8 Å². The number of nitro benzene ring substituents is 1. The first-order chi connectivity index (χ1) is 15.3. The SMILES string of the molecule is CS(=O)(=O)Nn1c(Sc2ccc([N+](=O)[O-])cc2C(F)(F)F)nc2c([nH]c3ccccc32)c1=O. The van der Waals surface area contributed by atoms with Crippen molar-refractivity contribution in [1.82, 2.24) is 14.6 Å². The maximum absolute atomic E-state index is 13.6. The average Bonchev–Trinajstić information content (AvgIpc) is 3.08. The largest absolute Gasteiger partial charge is 0.417 e. The minimum atomic E-state index is -4.96. The topological polar surface area (TPSA) is 140 Å². The molecule has 0 amide bonds. The van der Waals surface area contributed by atoms with Gasteiger partial charge >= 0.3 is 6.18 Å². The van der Waals surface area contributed by atoms with Crippen LogP contribution in [0.4, 0.5) is 18.9 Å². The van der Waals surface area contributed by atoms with Crippen LogP contribution in [-0.4, -0.2) is 34.2 Å². The minimum absolute atomic E-state index is 0.0588. The molecule has 15 heteroatoms. The summed E-state index contributed by atoms with van der Waals surface area (Å²) < 4.78 is 65.0. The average molecular weight is 499 g/mol. The van der Waals surface area contributed by atoms with Gasteiger partial charge in [-0.25, -0.2) is 18.2 Å². The van der Waals surface area contributed by atoms with E-state index in [1.54, 1.807) is 24.3 Å². The first-order valence-corrected chi connectivity index (χ1v) is 11.6. The molecule has 0 saturated heterocycles. The maximum atomic E-state index is 13.6. The first kappa shape index (κ1) is 22.6. The molecule has 0 aliphatic carbocycles. The van der Waals surface area contributed by atoms with E-state index < -0.39 is 48.0 Å². The number of halogens is 3. The van der Waals surface area contributed by atoms with Crippen molar-refractivity contribution in [2.75, 3.05) is 11.1 Å². The number of H-pyrrole nitrogens is 1. The lowest BCUT2D eigenvalue weighted by Crippen LogP contribution is -2.34. The van der Waals surface area contributed by atoms with E-state index in [-0.39, 0.29) is 11.0 Å². The second kappa shape index (κ2) is 7.77. The third-order valence-electron chi connectivity index (χ3n) is 4.43. The lowest BCUT2D eigenvalue weighted by Gasteiger charge is -2.15. The molecule has 2 aromatic carbocycles. The summed E-state index contributed by atoms with van der Waals surface area (Å²) >= 11 is 0.338. The summed E-state index contributed by atoms with van der Waals surface area (Å²) in [5, 5.41) is 11.0. The van der Waals surface area contributed by atoms with Gasteiger partial charge in [0.15, 0.2) is 5.16 Å². The lowest BCUT2D eigenvalue weighted by atomic mass is 10.2. The summed E-state index contributed by atoms with van der Waals surface area (Å²) in [4.78, 5) is 31.5. The molecule has 0 unspecified atom stereocenters. The first-order valence-electron chi connectivity index (χ1n) is 8.90. The molecule has 2 N–H and O–H groups in total. The second-order valence-electron chi connectivity index (χ2n) is 6.83. The van der Waals surface area contributed by atoms with Crippen molar-refractivity contribution < 1.29 is 26.5 Å². The van der Waals surface area contributed by atoms with Crippen LogP contribution in [0.3, 0.4) is 0 Å². The van der Waals surface area contributed by atoms with Crippen LogP contribution in [0.1, 0.15) is 5.56 Å². The normalized spacial score (nSPS) is 12.4. The van der Waals surface area contributed by atoms with E-state index in [2.05, 4.69) is 9.97 Å². The molecular weight excluding hydrogens is 487 g/mol. The number of para-hydroxylation sites is 1. The van der Waals surface area contributed by atoms with Gasteiger partial charge in [0.2, 0.25) is 10.0 Å². The molecular formula is C18H12F3N5O5S2. The summed E-state index contributed by atoms with van der Waals surface area (Å²) in [6.07, 6.45) is -4.20. The van der Waals surface area contributed by atoms with E-state index in [9.17, 15) is 36.5 Å². The van der Waals surface area contributed by atoms with Crippen LogP contribution in [0.15, 0.2) is 57.3 Å². The molecule has 33 heavy (non-hydrogen) atoms. The van der Waals surface area contributed by atoms with E-state index in [1.807, 2.05) is 4.83 Å². The van der Waals surface area contributed by atoms with Gasteiger partial charge in [0.05, 0.1) is 16.7 Å². The van der Waals surface area contributed by atoms with Crippen LogP contribution in [0.5, 0.6) is 0 Å². The smallest absolute Gasteiger partial charge is 0.349 e. The Morgan fingerprint density at radius 2 is 1.91 bits per heavy atom. The number of aromatic nitrogens is 3. The van der Waals surface area contributed by atoms with Crippen LogP contribution < -0.4 is 10.4 Å². The quantitative estimate of drug-likeness (QED) is 0.243. The van der Waals surface area contributed by atoms with Crippen LogP contribution in [0.2, 0.25) is 0 Å². The van der Waals surface area contributed by atoms with Crippen molar-refractivity contribution in [2.45, 2.75) is 16.2 Å². The third kappa shape index (κ3) is 4.36. The van der Waals surface area contributed by atoms with Gasteiger partial charge in [-0.2, -0.15) is 17.8 Å². The van der Waals surface area contributed by atoms with E-state index in [0.29, 0.717) is 33.4 Å². The highest BCUT2D eigenvalue weighted by Crippen LogP contribution is 2.41. The number of fused-ring (bicyclic) bond motifs is 3. The zero-order valence-electron chi connectivity index (χ0n) is 16.4. The van der Waals surface area contributed by atoms with Crippen molar-refractivity contribution in [3.8, 4) is 0 Å². The molecule has 0 radical (unpaired) electrons. The van der Waals surface area contributed by atoms with Crippen molar-refractivity contribution in [2.24, 2.45) is 0 Å². The van der Waals surface area contributed by atoms with Crippen molar-refractivity contribution in [1.29, 1.82) is 0 Å². The molecule has 0 fully saturated rings. The number of non-ortho nitro benzene ring substituents is 1. The number of benzene rings is 2. The fraction of sp³-hybridized carbons (Fsp3) is 0.111. The Kier molecular flexibility index (Phi) is 5.32. The van der Waals surface area contributed by atoms with Gasteiger partial charge in [-0.15, -0.1) is 0 Å². The summed E-state index contributed by atoms with van der Waals surface area (Å²) in [5.74, 6) is 0. The van der Waals surface area contributed by atoms with Gasteiger partial charge in [-0.1, -0.05) is 18.2 Å². The lowest BCUT2D eigenvalue weighted by molar-refractivity contribution is -0.385. The number of rotatable bonds is 5. The highest BCUT2D eigenvalue weighted by atomic mass is 32.2. The molecule has 4 aromatic rings. The van der Waals surface area contributed by atoms with Crippen LogP contribution in [-0.2, 0) is 16.2 Å². The summed E-state index contributed by atoms with van der Waals surface area (Å²) in [7, 11) is -4.04. The Hall–Kier alpha value is -3.59. The number of sulfonamides is 1. The summed E-state index contributed by atoms with van der Waals surface area (Å²) in [5.41, 5.74) is -2.42. The number of aromatic amines is 1. The molecule has 172 valence electrons. The number of hydrogen-bond donors (Lipinski definition) is 2. The minimum Gasteiger partial charge on any atom is -0.349 e. The molecule has 10 nitrogen and oxygen atoms in total.